The van der Waals surface area contributed by atoms with Crippen molar-refractivity contribution >= 4 is 11.9 Å². The first-order valence-electron chi connectivity index (χ1n) is 32.6. The summed E-state index contributed by atoms with van der Waals surface area (Å²) in [6.45, 7) is 4.96. The van der Waals surface area contributed by atoms with Gasteiger partial charge in [0.05, 0.1) is 25.4 Å². The molecular formula is C66H127NO5. The van der Waals surface area contributed by atoms with E-state index in [2.05, 4.69) is 43.5 Å². The molecule has 0 aliphatic carbocycles. The van der Waals surface area contributed by atoms with Crippen molar-refractivity contribution in [1.82, 2.24) is 5.32 Å². The van der Waals surface area contributed by atoms with Crippen LogP contribution in [0.15, 0.2) is 24.3 Å². The number of amides is 1. The number of nitrogens with one attached hydrogen (secondary N) is 1. The maximum absolute atomic E-state index is 12.5. The molecule has 3 N–H and O–H groups in total. The van der Waals surface area contributed by atoms with Crippen LogP contribution in [-0.4, -0.2) is 47.4 Å². The maximum atomic E-state index is 12.5. The lowest BCUT2D eigenvalue weighted by molar-refractivity contribution is -0.143. The van der Waals surface area contributed by atoms with Gasteiger partial charge in [-0.15, -0.1) is 0 Å². The van der Waals surface area contributed by atoms with Crippen molar-refractivity contribution in [3.8, 4) is 0 Å². The van der Waals surface area contributed by atoms with Crippen LogP contribution in [0, 0.1) is 0 Å². The van der Waals surface area contributed by atoms with Crippen molar-refractivity contribution in [2.75, 3.05) is 13.2 Å². The van der Waals surface area contributed by atoms with Crippen molar-refractivity contribution < 1.29 is 24.5 Å². The zero-order chi connectivity index (χ0) is 52.2. The topological polar surface area (TPSA) is 95.9 Å². The average molecular weight is 1010 g/mol. The van der Waals surface area contributed by atoms with Gasteiger partial charge in [0.2, 0.25) is 5.91 Å². The highest BCUT2D eigenvalue weighted by molar-refractivity contribution is 5.76. The number of allylic oxidation sites excluding steroid dienone is 4. The van der Waals surface area contributed by atoms with E-state index in [-0.39, 0.29) is 18.5 Å². The lowest BCUT2D eigenvalue weighted by atomic mass is 10.0. The normalized spacial score (nSPS) is 12.7. The van der Waals surface area contributed by atoms with Crippen molar-refractivity contribution in [1.29, 1.82) is 0 Å². The molecule has 0 rings (SSSR count). The fourth-order valence-corrected chi connectivity index (χ4v) is 10.2. The molecular weight excluding hydrogens is 887 g/mol. The molecule has 0 saturated heterocycles. The van der Waals surface area contributed by atoms with E-state index in [1.54, 1.807) is 0 Å². The van der Waals surface area contributed by atoms with Gasteiger partial charge in [-0.2, -0.15) is 0 Å². The Morgan fingerprint density at radius 3 is 1.00 bits per heavy atom. The Hall–Kier alpha value is -1.66. The largest absolute Gasteiger partial charge is 0.466 e. The highest BCUT2D eigenvalue weighted by Crippen LogP contribution is 2.18. The molecule has 72 heavy (non-hydrogen) atoms. The molecule has 0 fully saturated rings. The zero-order valence-corrected chi connectivity index (χ0v) is 48.7. The van der Waals surface area contributed by atoms with E-state index in [1.807, 2.05) is 0 Å². The fraction of sp³-hybridized carbons (Fsp3) is 0.909. The van der Waals surface area contributed by atoms with Gasteiger partial charge >= 0.3 is 5.97 Å². The van der Waals surface area contributed by atoms with Gasteiger partial charge in [-0.05, 0) is 77.0 Å². The lowest BCUT2D eigenvalue weighted by Gasteiger charge is -2.22. The lowest BCUT2D eigenvalue weighted by Crippen LogP contribution is -2.45. The summed E-state index contributed by atoms with van der Waals surface area (Å²) in [5.74, 6) is -0.0288. The molecule has 0 saturated carbocycles. The summed E-state index contributed by atoms with van der Waals surface area (Å²) < 4.78 is 5.47. The minimum atomic E-state index is -0.665. The van der Waals surface area contributed by atoms with Crippen LogP contribution in [0.5, 0.6) is 0 Å². The second-order valence-electron chi connectivity index (χ2n) is 22.4. The number of rotatable bonds is 61. The van der Waals surface area contributed by atoms with E-state index < -0.39 is 12.1 Å². The quantitative estimate of drug-likeness (QED) is 0.0320. The van der Waals surface area contributed by atoms with Crippen LogP contribution in [0.4, 0.5) is 0 Å². The molecule has 1 amide bonds. The summed E-state index contributed by atoms with van der Waals surface area (Å²) >= 11 is 0. The van der Waals surface area contributed by atoms with Gasteiger partial charge in [0.15, 0.2) is 0 Å². The molecule has 0 heterocycles. The number of carbonyl (C=O) groups is 2. The third-order valence-electron chi connectivity index (χ3n) is 15.2. The minimum absolute atomic E-state index is 0.00546. The van der Waals surface area contributed by atoms with Crippen molar-refractivity contribution in [2.45, 2.75) is 373 Å². The first-order chi connectivity index (χ1) is 35.5. The van der Waals surface area contributed by atoms with Crippen molar-refractivity contribution in [3.05, 3.63) is 24.3 Å². The summed E-state index contributed by atoms with van der Waals surface area (Å²) in [5.41, 5.74) is 0. The third kappa shape index (κ3) is 57.6. The van der Waals surface area contributed by atoms with Crippen LogP contribution >= 0.6 is 0 Å². The van der Waals surface area contributed by atoms with Crippen LogP contribution in [0.25, 0.3) is 0 Å². The second-order valence-corrected chi connectivity index (χ2v) is 22.4. The van der Waals surface area contributed by atoms with Gasteiger partial charge in [0, 0.05) is 12.8 Å². The van der Waals surface area contributed by atoms with Crippen LogP contribution in [0.3, 0.4) is 0 Å². The Kier molecular flexibility index (Phi) is 60.5. The van der Waals surface area contributed by atoms with Crippen LogP contribution in [0.2, 0.25) is 0 Å². The first kappa shape index (κ1) is 70.3. The Morgan fingerprint density at radius 1 is 0.375 bits per heavy atom. The van der Waals surface area contributed by atoms with Gasteiger partial charge < -0.3 is 20.3 Å². The fourth-order valence-electron chi connectivity index (χ4n) is 10.2. The summed E-state index contributed by atoms with van der Waals surface area (Å²) in [6.07, 6.45) is 76.3. The number of hydrogen-bond donors (Lipinski definition) is 3. The predicted molar refractivity (Wildman–Crippen MR) is 315 cm³/mol. The van der Waals surface area contributed by atoms with Gasteiger partial charge in [0.1, 0.15) is 0 Å². The highest BCUT2D eigenvalue weighted by Gasteiger charge is 2.20. The van der Waals surface area contributed by atoms with Crippen LogP contribution in [0.1, 0.15) is 361 Å². The molecule has 2 unspecified atom stereocenters. The Morgan fingerprint density at radius 2 is 0.653 bits per heavy atom. The highest BCUT2D eigenvalue weighted by atomic mass is 16.5. The Labute approximate surface area is 450 Å². The van der Waals surface area contributed by atoms with E-state index in [9.17, 15) is 19.8 Å². The number of esters is 1. The molecule has 0 radical (unpaired) electrons. The number of aliphatic hydroxyl groups excluding tert-OH is 2. The van der Waals surface area contributed by atoms with E-state index in [0.29, 0.717) is 25.9 Å². The van der Waals surface area contributed by atoms with Gasteiger partial charge in [-0.25, -0.2) is 0 Å². The number of carbonyl (C=O) groups excluding carboxylic acids is 2. The smallest absolute Gasteiger partial charge is 0.305 e. The molecule has 0 bridgehead atoms. The predicted octanol–water partition coefficient (Wildman–Crippen LogP) is 20.6. The molecule has 6 heteroatoms. The second kappa shape index (κ2) is 61.9. The summed E-state index contributed by atoms with van der Waals surface area (Å²) in [6, 6.07) is -0.543. The molecule has 0 aromatic carbocycles. The van der Waals surface area contributed by atoms with Crippen molar-refractivity contribution in [2.24, 2.45) is 0 Å². The average Bonchev–Trinajstić information content (AvgIpc) is 3.38. The number of aliphatic hydroxyl groups is 2. The maximum Gasteiger partial charge on any atom is 0.305 e. The Bertz CT molecular complexity index is 1120. The molecule has 6 nitrogen and oxygen atoms in total. The van der Waals surface area contributed by atoms with Crippen LogP contribution in [-0.2, 0) is 14.3 Å². The van der Waals surface area contributed by atoms with E-state index in [4.69, 9.17) is 4.74 Å². The summed E-state index contributed by atoms with van der Waals surface area (Å²) in [4.78, 5) is 24.5. The Balaban J connectivity index is 3.39. The summed E-state index contributed by atoms with van der Waals surface area (Å²) in [7, 11) is 0. The molecule has 2 atom stereocenters. The number of ether oxygens (including phenoxy) is 1. The molecule has 0 aliphatic rings. The minimum Gasteiger partial charge on any atom is -0.466 e. The zero-order valence-electron chi connectivity index (χ0n) is 48.7. The molecule has 0 aromatic heterocycles. The van der Waals surface area contributed by atoms with Gasteiger partial charge in [-0.3, -0.25) is 9.59 Å². The van der Waals surface area contributed by atoms with Crippen molar-refractivity contribution in [3.63, 3.8) is 0 Å². The van der Waals surface area contributed by atoms with Crippen LogP contribution < -0.4 is 5.32 Å². The number of unbranched alkanes of at least 4 members (excludes halogenated alkanes) is 46. The van der Waals surface area contributed by atoms with E-state index in [0.717, 1.165) is 44.9 Å². The van der Waals surface area contributed by atoms with Gasteiger partial charge in [0.25, 0.3) is 0 Å². The van der Waals surface area contributed by atoms with Gasteiger partial charge in [-0.1, -0.05) is 295 Å². The monoisotopic (exact) mass is 1010 g/mol. The first-order valence-corrected chi connectivity index (χ1v) is 32.6. The van der Waals surface area contributed by atoms with E-state index in [1.165, 1.54) is 283 Å². The molecule has 0 aromatic rings. The molecule has 0 aliphatic heterocycles. The van der Waals surface area contributed by atoms with E-state index >= 15 is 0 Å². The SMILES string of the molecule is CCCCCC/C=C\CCCCCCCC(=O)OCCCCCCCCCCCCCC/C=C\CCCCCCCCCCCCC(=O)NC(CO)C(O)CCCCCCCCCCCCCCCCCC. The number of hydrogen-bond acceptors (Lipinski definition) is 5. The molecule has 426 valence electrons. The standard InChI is InChI=1S/C66H127NO5/c1-3-5-7-9-11-13-15-17-18-31-35-38-42-46-50-54-58-64(69)63(62-68)67-65(70)59-55-51-47-43-39-36-32-29-27-25-23-21-19-20-22-24-26-28-30-33-37-41-45-49-53-57-61-72-66(71)60-56-52-48-44-40-34-16-14-12-10-8-6-4-2/h14,16,19,21,63-64,68-69H,3-13,15,17-18,20,22-62H2,1-2H3,(H,67,70)/b16-14-,21-19-. The molecule has 0 spiro atoms. The third-order valence-corrected chi connectivity index (χ3v) is 15.2. The summed E-state index contributed by atoms with van der Waals surface area (Å²) in [5, 5.41) is 23.3.